The van der Waals surface area contributed by atoms with Crippen LogP contribution in [0.15, 0.2) is 293 Å². The molecule has 1 heterocycles. The van der Waals surface area contributed by atoms with Crippen LogP contribution in [-0.2, 0) is 11.8 Å². The first-order chi connectivity index (χ1) is 40.8. The van der Waals surface area contributed by atoms with Gasteiger partial charge in [0, 0.05) is 33.7 Å². The molecule has 1 aliphatic carbocycles. The summed E-state index contributed by atoms with van der Waals surface area (Å²) in [6.45, 7) is 18.7. The van der Waals surface area contributed by atoms with Gasteiger partial charge in [0.05, 0.1) is 16.6 Å². The molecule has 0 aliphatic heterocycles. The van der Waals surface area contributed by atoms with Gasteiger partial charge in [-0.3, -0.25) is 0 Å². The highest BCUT2D eigenvalue weighted by Crippen LogP contribution is 2.56. The van der Waals surface area contributed by atoms with E-state index in [1.807, 2.05) is 24.3 Å². The first-order valence-electron chi connectivity index (χ1n) is 28.5. The Morgan fingerprint density at radius 3 is 1.51 bits per heavy atom. The van der Waals surface area contributed by atoms with Crippen molar-refractivity contribution in [1.29, 1.82) is 0 Å². The summed E-state index contributed by atoms with van der Waals surface area (Å²) < 4.78 is 2.35. The molecule has 1 unspecified atom stereocenters. The number of benzene rings is 11. The lowest BCUT2D eigenvalue weighted by molar-refractivity contribution is 0.629. The molecule has 1 atom stereocenters. The highest BCUT2D eigenvalue weighted by atomic mass is 15.1. The number of allylic oxidation sites excluding steroid dienone is 1. The summed E-state index contributed by atoms with van der Waals surface area (Å²) in [5.74, 6) is 0. The number of hydrogen-bond donors (Lipinski definition) is 0. The fourth-order valence-electron chi connectivity index (χ4n) is 12.5. The van der Waals surface area contributed by atoms with Gasteiger partial charge in [0.2, 0.25) is 0 Å². The second kappa shape index (κ2) is 22.2. The molecule has 11 aromatic carbocycles. The lowest BCUT2D eigenvalue weighted by Gasteiger charge is -2.34. The molecule has 0 amide bonds. The minimum Gasteiger partial charge on any atom is -0.310 e. The van der Waals surface area contributed by atoms with Gasteiger partial charge in [-0.15, -0.1) is 0 Å². The highest BCUT2D eigenvalue weighted by molar-refractivity contribution is 6.01. The maximum atomic E-state index is 4.46. The first kappa shape index (κ1) is 51.9. The normalized spacial score (nSPS) is 13.5. The van der Waals surface area contributed by atoms with Gasteiger partial charge < -0.3 is 9.47 Å². The van der Waals surface area contributed by atoms with Gasteiger partial charge in [0.25, 0.3) is 0 Å². The predicted molar refractivity (Wildman–Crippen MR) is 357 cm³/mol. The molecular weight excluding hydrogens is 1000 g/mol. The molecule has 0 spiro atoms. The Morgan fingerprint density at radius 2 is 0.904 bits per heavy atom. The summed E-state index contributed by atoms with van der Waals surface area (Å²) in [6.07, 6.45) is 10.8. The Labute approximate surface area is 488 Å². The predicted octanol–water partition coefficient (Wildman–Crippen LogP) is 21.8. The third-order valence-corrected chi connectivity index (χ3v) is 16.8. The third kappa shape index (κ3) is 9.61. The molecule has 396 valence electrons. The Kier molecular flexibility index (Phi) is 13.9. The standard InChI is InChI=1S/C81H62N2/c1-6-57-24-26-60(27-25-57)55-81(68-20-14-11-15-21-68)77-23-17-16-22-73(77)74-50-49-72(54-78(74)81)82(70-45-38-64(39-46-70)62-18-12-10-13-19-62)69-43-36-61(37-44-69)56(5)52-75-76-53-67(66-34-30-59(8-3)31-35-66)42-51-80(76)83(79(75)9-4)71-47-40-65(41-48-71)63-32-28-58(7-2)29-33-63/h6-54H,1-4,55H2,5H3/b56-52+. The smallest absolute Gasteiger partial charge is 0.0541 e. The zero-order valence-corrected chi connectivity index (χ0v) is 46.7. The van der Waals surface area contributed by atoms with Crippen LogP contribution in [0.2, 0.25) is 0 Å². The first-order valence-corrected chi connectivity index (χ1v) is 28.5. The van der Waals surface area contributed by atoms with E-state index in [-0.39, 0.29) is 0 Å². The number of anilines is 3. The summed E-state index contributed by atoms with van der Waals surface area (Å²) in [4.78, 5) is 2.42. The van der Waals surface area contributed by atoms with Crippen molar-refractivity contribution in [2.24, 2.45) is 0 Å². The van der Waals surface area contributed by atoms with Crippen LogP contribution in [0.5, 0.6) is 0 Å². The molecule has 0 bridgehead atoms. The largest absolute Gasteiger partial charge is 0.310 e. The van der Waals surface area contributed by atoms with Crippen LogP contribution in [0, 0.1) is 0 Å². The number of nitrogens with zero attached hydrogens (tertiary/aromatic N) is 2. The molecule has 0 N–H and O–H groups in total. The number of aromatic nitrogens is 1. The van der Waals surface area contributed by atoms with Crippen molar-refractivity contribution in [3.8, 4) is 50.2 Å². The van der Waals surface area contributed by atoms with Crippen molar-refractivity contribution in [2.75, 3.05) is 4.90 Å². The molecular formula is C81H62N2. The minimum atomic E-state index is -0.459. The van der Waals surface area contributed by atoms with E-state index in [1.54, 1.807) is 0 Å². The molecule has 12 aromatic rings. The van der Waals surface area contributed by atoms with Crippen molar-refractivity contribution in [2.45, 2.75) is 18.8 Å². The summed E-state index contributed by atoms with van der Waals surface area (Å²) in [6, 6.07) is 97.7. The van der Waals surface area contributed by atoms with E-state index < -0.39 is 5.41 Å². The van der Waals surface area contributed by atoms with E-state index in [0.717, 1.165) is 101 Å². The van der Waals surface area contributed by atoms with E-state index in [2.05, 4.69) is 316 Å². The molecule has 83 heavy (non-hydrogen) atoms. The number of hydrogen-bond acceptors (Lipinski definition) is 1. The fraction of sp³-hybridized carbons (Fsp3) is 0.0370. The zero-order chi connectivity index (χ0) is 56.4. The van der Waals surface area contributed by atoms with Gasteiger partial charge in [-0.05, 0) is 181 Å². The summed E-state index contributed by atoms with van der Waals surface area (Å²) >= 11 is 0. The van der Waals surface area contributed by atoms with E-state index in [1.165, 1.54) is 44.5 Å². The Morgan fingerprint density at radius 1 is 0.422 bits per heavy atom. The maximum absolute atomic E-state index is 4.46. The van der Waals surface area contributed by atoms with Crippen molar-refractivity contribution >= 4 is 63.9 Å². The van der Waals surface area contributed by atoms with E-state index >= 15 is 0 Å². The van der Waals surface area contributed by atoms with Gasteiger partial charge >= 0.3 is 0 Å². The van der Waals surface area contributed by atoms with Gasteiger partial charge in [0.1, 0.15) is 0 Å². The highest BCUT2D eigenvalue weighted by Gasteiger charge is 2.45. The van der Waals surface area contributed by atoms with Crippen molar-refractivity contribution in [1.82, 2.24) is 4.57 Å². The molecule has 0 radical (unpaired) electrons. The van der Waals surface area contributed by atoms with Crippen LogP contribution in [0.3, 0.4) is 0 Å². The van der Waals surface area contributed by atoms with Crippen molar-refractivity contribution < 1.29 is 0 Å². The second-order valence-electron chi connectivity index (χ2n) is 21.6. The van der Waals surface area contributed by atoms with Crippen LogP contribution in [0.4, 0.5) is 17.1 Å². The minimum absolute atomic E-state index is 0.459. The lowest BCUT2D eigenvalue weighted by Crippen LogP contribution is -2.30. The van der Waals surface area contributed by atoms with Gasteiger partial charge in [-0.25, -0.2) is 0 Å². The molecule has 13 rings (SSSR count). The van der Waals surface area contributed by atoms with Gasteiger partial charge in [-0.2, -0.15) is 0 Å². The topological polar surface area (TPSA) is 8.17 Å². The second-order valence-corrected chi connectivity index (χ2v) is 21.6. The van der Waals surface area contributed by atoms with Crippen LogP contribution in [0.1, 0.15) is 62.7 Å². The molecule has 0 saturated carbocycles. The molecule has 2 nitrogen and oxygen atoms in total. The average molecular weight is 1060 g/mol. The molecule has 2 heteroatoms. The van der Waals surface area contributed by atoms with Gasteiger partial charge in [-0.1, -0.05) is 251 Å². The molecule has 1 aliphatic rings. The van der Waals surface area contributed by atoms with Crippen molar-refractivity contribution in [3.05, 3.63) is 349 Å². The lowest BCUT2D eigenvalue weighted by atomic mass is 9.68. The molecule has 1 aromatic heterocycles. The number of rotatable bonds is 16. The van der Waals surface area contributed by atoms with Crippen molar-refractivity contribution in [3.63, 3.8) is 0 Å². The Hall–Kier alpha value is -10.5. The molecule has 0 fully saturated rings. The van der Waals surface area contributed by atoms with Gasteiger partial charge in [0.15, 0.2) is 0 Å². The third-order valence-electron chi connectivity index (χ3n) is 16.8. The maximum Gasteiger partial charge on any atom is 0.0541 e. The number of fused-ring (bicyclic) bond motifs is 4. The zero-order valence-electron chi connectivity index (χ0n) is 46.7. The van der Waals surface area contributed by atoms with E-state index in [0.29, 0.717) is 0 Å². The van der Waals surface area contributed by atoms with E-state index in [4.69, 9.17) is 0 Å². The van der Waals surface area contributed by atoms with Crippen LogP contribution < -0.4 is 4.90 Å². The van der Waals surface area contributed by atoms with Crippen LogP contribution in [-0.4, -0.2) is 4.57 Å². The van der Waals surface area contributed by atoms with E-state index in [9.17, 15) is 0 Å². The Bertz CT molecular complexity index is 4410. The van der Waals surface area contributed by atoms with Crippen LogP contribution >= 0.6 is 0 Å². The average Bonchev–Trinajstić information content (AvgIpc) is 1.79. The quantitative estimate of drug-likeness (QED) is 0.0936. The van der Waals surface area contributed by atoms with Crippen LogP contribution in [0.25, 0.3) is 97.1 Å². The fourth-order valence-corrected chi connectivity index (χ4v) is 12.5. The summed E-state index contributed by atoms with van der Waals surface area (Å²) in [5.41, 5.74) is 27.3. The Balaban J connectivity index is 0.929. The SMILES string of the molecule is C=Cc1ccc(CC2(c3ccccc3)c3ccccc3-c3ccc(N(c4ccc(/C(C)=C/c5c(C=C)n(-c6ccc(-c7ccc(C=C)cc7)cc6)c6ccc(-c7ccc(C=C)cc7)cc56)cc4)c4ccc(-c5ccccc5)cc4)cc32)cc1. The summed E-state index contributed by atoms with van der Waals surface area (Å²) in [5, 5.41) is 1.15. The molecule has 0 saturated heterocycles. The monoisotopic (exact) mass is 1060 g/mol. The summed E-state index contributed by atoms with van der Waals surface area (Å²) in [7, 11) is 0.